The molecule has 4 unspecified atom stereocenters. The van der Waals surface area contributed by atoms with Crippen molar-refractivity contribution in [2.24, 2.45) is 29.6 Å². The number of aliphatic hydroxyl groups excluding tert-OH is 3. The number of aromatic nitrogens is 1. The van der Waals surface area contributed by atoms with Crippen LogP contribution in [0.3, 0.4) is 0 Å². The predicted octanol–water partition coefficient (Wildman–Crippen LogP) is 4.46. The van der Waals surface area contributed by atoms with Crippen molar-refractivity contribution in [1.82, 2.24) is 15.2 Å². The first-order valence-electron chi connectivity index (χ1n) is 16.7. The first-order valence-corrected chi connectivity index (χ1v) is 16.7. The number of ether oxygens (including phenoxy) is 1. The van der Waals surface area contributed by atoms with Gasteiger partial charge in [-0.1, -0.05) is 44.2 Å². The number of oxazole rings is 1. The number of rotatable bonds is 15. The predicted molar refractivity (Wildman–Crippen MR) is 179 cm³/mol. The van der Waals surface area contributed by atoms with E-state index in [1.54, 1.807) is 30.1 Å². The average molecular weight is 652 g/mol. The lowest BCUT2D eigenvalue weighted by Gasteiger charge is -2.31. The summed E-state index contributed by atoms with van der Waals surface area (Å²) in [5, 5.41) is 40.5. The van der Waals surface area contributed by atoms with Gasteiger partial charge in [-0.05, 0) is 73.6 Å². The van der Waals surface area contributed by atoms with Gasteiger partial charge in [0.2, 0.25) is 0 Å². The van der Waals surface area contributed by atoms with Crippen LogP contribution < -0.4 is 16.0 Å². The Hall–Kier alpha value is -3.87. The number of amides is 3. The fourth-order valence-corrected chi connectivity index (χ4v) is 6.74. The van der Waals surface area contributed by atoms with Crippen molar-refractivity contribution in [2.45, 2.75) is 64.2 Å². The highest BCUT2D eigenvalue weighted by molar-refractivity contribution is 5.92. The van der Waals surface area contributed by atoms with Crippen molar-refractivity contribution in [2.75, 3.05) is 44.0 Å². The van der Waals surface area contributed by atoms with Gasteiger partial charge in [0, 0.05) is 44.3 Å². The molecule has 2 saturated carbocycles. The second kappa shape index (κ2) is 15.8. The Kier molecular flexibility index (Phi) is 11.6. The van der Waals surface area contributed by atoms with Gasteiger partial charge in [-0.3, -0.25) is 0 Å². The van der Waals surface area contributed by atoms with Crippen molar-refractivity contribution < 1.29 is 34.1 Å². The molecule has 256 valence electrons. The summed E-state index contributed by atoms with van der Waals surface area (Å²) < 4.78 is 11.5. The molecule has 0 radical (unpaired) electrons. The number of urea groups is 1. The van der Waals surface area contributed by atoms with E-state index < -0.39 is 30.4 Å². The molecule has 6 atom stereocenters. The van der Waals surface area contributed by atoms with Crippen LogP contribution >= 0.6 is 0 Å². The normalized spacial score (nSPS) is 22.2. The van der Waals surface area contributed by atoms with Gasteiger partial charge in [-0.15, -0.1) is 0 Å². The summed E-state index contributed by atoms with van der Waals surface area (Å²) in [6.07, 6.45) is 1.43. The largest absolute Gasteiger partial charge is 0.445 e. The number of benzene rings is 2. The minimum atomic E-state index is -1.14. The van der Waals surface area contributed by atoms with Crippen molar-refractivity contribution in [3.63, 3.8) is 0 Å². The van der Waals surface area contributed by atoms with Crippen LogP contribution in [0.15, 0.2) is 52.9 Å². The number of carbonyl (C=O) groups is 2. The van der Waals surface area contributed by atoms with Crippen LogP contribution in [-0.4, -0.2) is 88.9 Å². The number of aliphatic hydroxyl groups is 3. The molecule has 2 aliphatic carbocycles. The van der Waals surface area contributed by atoms with E-state index in [0.717, 1.165) is 18.4 Å². The summed E-state index contributed by atoms with van der Waals surface area (Å²) in [4.78, 5) is 32.9. The van der Waals surface area contributed by atoms with Gasteiger partial charge >= 0.3 is 12.1 Å². The van der Waals surface area contributed by atoms with Crippen molar-refractivity contribution in [1.29, 1.82) is 0 Å². The average Bonchev–Trinajstić information content (AvgIpc) is 3.73. The monoisotopic (exact) mass is 651 g/mol. The third kappa shape index (κ3) is 8.94. The second-order valence-corrected chi connectivity index (χ2v) is 13.4. The highest BCUT2D eigenvalue weighted by atomic mass is 16.6. The third-order valence-electron chi connectivity index (χ3n) is 9.52. The molecule has 2 fully saturated rings. The standard InChI is InChI=1S/C35H49N5O7/c1-21(2)13-14-40(34(44)37-25-11-12-31-29(17-25)38-33(36-3)46-31)18-30(43)28(15-22-7-5-4-6-8-22)39-35(45)47-32-24(19-41)16-26(23-9-10-23)27(32)20-42/h4-8,11-12,17,21,23-24,26-28,30,32,41-43H,9-10,13-16,18-20H2,1-3H3,(H,36,38)(H,37,44)(H,39,45)/t24?,26?,27?,28-,30+,32?/m0/s1. The van der Waals surface area contributed by atoms with Crippen LogP contribution in [0.2, 0.25) is 0 Å². The molecular weight excluding hydrogens is 602 g/mol. The summed E-state index contributed by atoms with van der Waals surface area (Å²) in [6, 6.07) is 13.9. The number of hydrogen-bond donors (Lipinski definition) is 6. The van der Waals surface area contributed by atoms with Crippen molar-refractivity contribution in [3.8, 4) is 0 Å². The summed E-state index contributed by atoms with van der Waals surface area (Å²) in [7, 11) is 1.71. The van der Waals surface area contributed by atoms with Gasteiger partial charge < -0.3 is 45.3 Å². The summed E-state index contributed by atoms with van der Waals surface area (Å²) in [5.41, 5.74) is 2.59. The Morgan fingerprint density at radius 3 is 2.53 bits per heavy atom. The molecular formula is C35H49N5O7. The lowest BCUT2D eigenvalue weighted by Crippen LogP contribution is -2.52. The van der Waals surface area contributed by atoms with Crippen LogP contribution in [0.5, 0.6) is 0 Å². The quantitative estimate of drug-likeness (QED) is 0.139. The molecule has 5 rings (SSSR count). The number of carbonyl (C=O) groups excluding carboxylic acids is 2. The minimum absolute atomic E-state index is 0.0435. The Morgan fingerprint density at radius 1 is 1.11 bits per heavy atom. The van der Waals surface area contributed by atoms with E-state index in [0.29, 0.717) is 60.4 Å². The maximum atomic E-state index is 13.6. The molecule has 0 saturated heterocycles. The van der Waals surface area contributed by atoms with Gasteiger partial charge in [0.25, 0.3) is 6.01 Å². The topological polar surface area (TPSA) is 169 Å². The van der Waals surface area contributed by atoms with Crippen LogP contribution in [0, 0.1) is 29.6 Å². The summed E-state index contributed by atoms with van der Waals surface area (Å²) >= 11 is 0. The molecule has 0 aliphatic heterocycles. The Morgan fingerprint density at radius 2 is 1.87 bits per heavy atom. The van der Waals surface area contributed by atoms with Gasteiger partial charge in [0.15, 0.2) is 5.58 Å². The molecule has 0 spiro atoms. The Bertz CT molecular complexity index is 1460. The van der Waals surface area contributed by atoms with E-state index in [-0.39, 0.29) is 37.5 Å². The first-order chi connectivity index (χ1) is 22.7. The molecule has 6 N–H and O–H groups in total. The molecule has 1 heterocycles. The van der Waals surface area contributed by atoms with E-state index in [9.17, 15) is 24.9 Å². The number of anilines is 2. The van der Waals surface area contributed by atoms with E-state index in [2.05, 4.69) is 34.8 Å². The van der Waals surface area contributed by atoms with Gasteiger partial charge in [0.1, 0.15) is 11.6 Å². The highest BCUT2D eigenvalue weighted by Crippen LogP contribution is 2.50. The Balaban J connectivity index is 1.30. The SMILES string of the molecule is CNc1nc2cc(NC(=O)N(CCC(C)C)C[C@@H](O)[C@H](Cc3ccccc3)NC(=O)OC3C(CO)CC(C4CC4)C3CO)ccc2o1. The lowest BCUT2D eigenvalue weighted by atomic mass is 9.91. The molecule has 2 aromatic carbocycles. The highest BCUT2D eigenvalue weighted by Gasteiger charge is 2.50. The van der Waals surface area contributed by atoms with Gasteiger partial charge in [-0.25, -0.2) is 9.59 Å². The van der Waals surface area contributed by atoms with Crippen LogP contribution in [-0.2, 0) is 11.2 Å². The molecule has 12 nitrogen and oxygen atoms in total. The Labute approximate surface area is 275 Å². The fraction of sp³-hybridized carbons (Fsp3) is 0.571. The number of nitrogens with zero attached hydrogens (tertiary/aromatic N) is 2. The molecule has 47 heavy (non-hydrogen) atoms. The first kappa shape index (κ1) is 34.5. The molecule has 12 heteroatoms. The van der Waals surface area contributed by atoms with Crippen molar-refractivity contribution in [3.05, 3.63) is 54.1 Å². The maximum absolute atomic E-state index is 13.6. The smallest absolute Gasteiger partial charge is 0.407 e. The zero-order valence-electron chi connectivity index (χ0n) is 27.5. The molecule has 0 bridgehead atoms. The zero-order valence-corrected chi connectivity index (χ0v) is 27.5. The van der Waals surface area contributed by atoms with Crippen LogP contribution in [0.4, 0.5) is 21.3 Å². The van der Waals surface area contributed by atoms with E-state index in [1.807, 2.05) is 30.3 Å². The lowest BCUT2D eigenvalue weighted by molar-refractivity contribution is 0.00547. The minimum Gasteiger partial charge on any atom is -0.445 e. The van der Waals surface area contributed by atoms with E-state index >= 15 is 0 Å². The van der Waals surface area contributed by atoms with Gasteiger partial charge in [-0.2, -0.15) is 4.98 Å². The number of fused-ring (bicyclic) bond motifs is 1. The summed E-state index contributed by atoms with van der Waals surface area (Å²) in [6.45, 7) is 4.23. The van der Waals surface area contributed by atoms with E-state index in [1.165, 1.54) is 0 Å². The number of nitrogens with one attached hydrogen (secondary N) is 3. The second-order valence-electron chi connectivity index (χ2n) is 13.4. The fourth-order valence-electron chi connectivity index (χ4n) is 6.74. The number of alkyl carbamates (subject to hydrolysis) is 1. The molecule has 3 aromatic rings. The van der Waals surface area contributed by atoms with Crippen molar-refractivity contribution >= 4 is 34.9 Å². The van der Waals surface area contributed by atoms with Crippen LogP contribution in [0.25, 0.3) is 11.1 Å². The van der Waals surface area contributed by atoms with E-state index in [4.69, 9.17) is 9.15 Å². The molecule has 1 aromatic heterocycles. The van der Waals surface area contributed by atoms with Crippen LogP contribution in [0.1, 0.15) is 45.1 Å². The van der Waals surface area contributed by atoms with Gasteiger partial charge in [0.05, 0.1) is 18.7 Å². The third-order valence-corrected chi connectivity index (χ3v) is 9.52. The zero-order chi connectivity index (χ0) is 33.5. The molecule has 2 aliphatic rings. The molecule has 3 amide bonds. The summed E-state index contributed by atoms with van der Waals surface area (Å²) in [5.74, 6) is 0.532. The maximum Gasteiger partial charge on any atom is 0.407 e. The number of hydrogen-bond acceptors (Lipinski definition) is 9.